The number of halogens is 4. The molecule has 31 nitrogen and oxygen atoms in total. The summed E-state index contributed by atoms with van der Waals surface area (Å²) >= 11 is 31.6. The van der Waals surface area contributed by atoms with Crippen LogP contribution in [0.4, 0.5) is 0 Å². The maximum Gasteiger partial charge on any atom is 0.222 e. The van der Waals surface area contributed by atoms with E-state index < -0.39 is 18.1 Å². The number of H-pyrrole nitrogens is 1. The second-order valence-corrected chi connectivity index (χ2v) is 43.6. The molecule has 3 saturated heterocycles. The number of nitrogens with zero attached hydrogens (tertiary/aromatic N) is 22. The number of carbonyl (C=O) groups is 4. The zero-order valence-corrected chi connectivity index (χ0v) is 88.9. The molecule has 0 spiro atoms. The summed E-state index contributed by atoms with van der Waals surface area (Å²) in [6.45, 7) is 41.3. The number of likely N-dealkylation sites (N-methyl/N-ethyl adjacent to an activating group) is 2. The second kappa shape index (κ2) is 46.0. The summed E-state index contributed by atoms with van der Waals surface area (Å²) in [5.74, 6) is 6.04. The van der Waals surface area contributed by atoms with Gasteiger partial charge < -0.3 is 45.3 Å². The van der Waals surface area contributed by atoms with E-state index in [9.17, 15) is 19.2 Å². The first kappa shape index (κ1) is 103. The molecule has 20 rings (SSSR count). The summed E-state index contributed by atoms with van der Waals surface area (Å²) in [6, 6.07) is 29.2. The number of benzene rings is 4. The highest BCUT2D eigenvalue weighted by Gasteiger charge is 2.39. The van der Waals surface area contributed by atoms with E-state index in [-0.39, 0.29) is 48.8 Å². The minimum absolute atomic E-state index is 0.0204. The zero-order chi connectivity index (χ0) is 99.8. The van der Waals surface area contributed by atoms with Crippen LogP contribution < -0.4 is 16.0 Å². The number of aromatic nitrogens is 14. The Kier molecular flexibility index (Phi) is 33.2. The van der Waals surface area contributed by atoms with E-state index in [2.05, 4.69) is 179 Å². The van der Waals surface area contributed by atoms with E-state index in [0.717, 1.165) is 239 Å². The van der Waals surface area contributed by atoms with Crippen molar-refractivity contribution in [3.8, 4) is 20.0 Å². The number of imidazole rings is 1. The molecule has 16 heterocycles. The number of piperazine rings is 2. The number of nitrogens with one attached hydrogen (secondary N) is 4. The second-order valence-electron chi connectivity index (χ2n) is 37.1. The van der Waals surface area contributed by atoms with Gasteiger partial charge in [-0.3, -0.25) is 62.3 Å². The number of rotatable bonds is 26. The van der Waals surface area contributed by atoms with Gasteiger partial charge in [0.05, 0.1) is 61.7 Å². The van der Waals surface area contributed by atoms with Crippen LogP contribution in [0.1, 0.15) is 208 Å². The predicted octanol–water partition coefficient (Wildman–Crippen LogP) is 16.6. The fourth-order valence-corrected chi connectivity index (χ4v) is 24.1. The number of hydrogen-bond donors (Lipinski definition) is 4. The number of ketones is 1. The summed E-state index contributed by atoms with van der Waals surface area (Å²) in [6.07, 6.45) is 7.35. The minimum atomic E-state index is -0.474. The molecular formula is C103H120Cl4N26O5S4. The lowest BCUT2D eigenvalue weighted by Gasteiger charge is -2.32. The van der Waals surface area contributed by atoms with Crippen LogP contribution >= 0.6 is 91.8 Å². The summed E-state index contributed by atoms with van der Waals surface area (Å²) in [5.41, 5.74) is 17.3. The number of morpholine rings is 1. The topological polar surface area (TPSA) is 331 Å². The molecule has 0 aliphatic carbocycles. The first-order chi connectivity index (χ1) is 68.5. The third kappa shape index (κ3) is 23.4. The molecule has 7 aliphatic heterocycles. The van der Waals surface area contributed by atoms with Crippen LogP contribution in [0.3, 0.4) is 0 Å². The number of aliphatic imine (C=N–C) groups is 4. The van der Waals surface area contributed by atoms with Crippen LogP contribution in [0, 0.1) is 83.1 Å². The molecule has 0 radical (unpaired) electrons. The van der Waals surface area contributed by atoms with Crippen molar-refractivity contribution in [3.63, 3.8) is 0 Å². The van der Waals surface area contributed by atoms with Crippen molar-refractivity contribution < 1.29 is 23.9 Å². The number of Topliss-reactive ketones (excluding diaryl/α,β-unsaturated/α-hetero) is 1. The van der Waals surface area contributed by atoms with Gasteiger partial charge in [-0.15, -0.1) is 86.1 Å². The minimum Gasteiger partial charge on any atom is -0.379 e. The van der Waals surface area contributed by atoms with Crippen LogP contribution in [0.2, 0.25) is 20.1 Å². The van der Waals surface area contributed by atoms with Crippen molar-refractivity contribution >= 4 is 138 Å². The number of fused-ring (bicyclic) bond motifs is 12. The quantitative estimate of drug-likeness (QED) is 0.0366. The van der Waals surface area contributed by atoms with Crippen molar-refractivity contribution in [2.75, 3.05) is 132 Å². The third-order valence-electron chi connectivity index (χ3n) is 27.2. The predicted molar refractivity (Wildman–Crippen MR) is 567 cm³/mol. The molecular weight excluding hydrogens is 1950 g/mol. The van der Waals surface area contributed by atoms with Crippen LogP contribution in [-0.4, -0.2) is 272 Å². The summed E-state index contributed by atoms with van der Waals surface area (Å²) < 4.78 is 13.7. The first-order valence-electron chi connectivity index (χ1n) is 48.3. The van der Waals surface area contributed by atoms with Gasteiger partial charge in [0.2, 0.25) is 17.7 Å². The number of carbonyl (C=O) groups excluding carboxylic acids is 4. The number of ether oxygens (including phenoxy) is 1. The van der Waals surface area contributed by atoms with E-state index in [4.69, 9.17) is 71.1 Å². The molecule has 4 N–H and O–H groups in total. The molecule has 9 aromatic heterocycles. The normalized spacial score (nSPS) is 17.4. The molecule has 7 aliphatic rings. The zero-order valence-electron chi connectivity index (χ0n) is 82.6. The maximum atomic E-state index is 13.2. The van der Waals surface area contributed by atoms with Gasteiger partial charge in [-0.05, 0) is 194 Å². The molecule has 3 fully saturated rings. The SMILES string of the molecule is Cc1sc2c(c1C)C(c1ccc(Cl)cc1)=NC(CC(=O)NCCCN1CCN(C)CC1)c1nnc(C)n1-2.Cc1sc2c(c1C)C(c1ccc(Cl)cc1)=NC(CC(=O)NCCN1CCOCC1)c1nnc(C)n1-2.Cc1sc2c(c1C)C(c1ccc(Cl)cc1)=N[C@@H](CC(=O)CCCN1CCN(C)CC1)c1nnc(C)n1-2.Cc1sc2c(c1C)C(c1ccc(Cl)cc1)=N[C@@H](CC(=O)NCCc1cnc[nH]1)c1nnc(C)n1-2. The van der Waals surface area contributed by atoms with Gasteiger partial charge in [-0.1, -0.05) is 94.9 Å². The Bertz CT molecular complexity index is 6840. The number of thiophene rings is 4. The van der Waals surface area contributed by atoms with E-state index in [0.29, 0.717) is 76.5 Å². The molecule has 3 amide bonds. The van der Waals surface area contributed by atoms with Crippen LogP contribution in [0.5, 0.6) is 0 Å². The molecule has 0 saturated carbocycles. The Balaban J connectivity index is 0.000000130. The van der Waals surface area contributed by atoms with E-state index >= 15 is 0 Å². The fraction of sp³-hybridized carbons (Fsp3) is 0.427. The molecule has 744 valence electrons. The van der Waals surface area contributed by atoms with Crippen molar-refractivity contribution in [2.45, 2.75) is 159 Å². The molecule has 4 atom stereocenters. The summed E-state index contributed by atoms with van der Waals surface area (Å²) in [4.78, 5) is 96.7. The highest BCUT2D eigenvalue weighted by Crippen LogP contribution is 2.46. The summed E-state index contributed by atoms with van der Waals surface area (Å²) in [7, 11) is 4.32. The van der Waals surface area contributed by atoms with E-state index in [1.807, 2.05) is 125 Å². The Hall–Kier alpha value is -10.9. The Morgan fingerprint density at radius 1 is 0.373 bits per heavy atom. The molecule has 13 aromatic rings. The van der Waals surface area contributed by atoms with Gasteiger partial charge >= 0.3 is 0 Å². The Morgan fingerprint density at radius 3 is 1.00 bits per heavy atom. The van der Waals surface area contributed by atoms with Gasteiger partial charge in [0, 0.05) is 207 Å². The van der Waals surface area contributed by atoms with Gasteiger partial charge in [-0.25, -0.2) is 4.98 Å². The van der Waals surface area contributed by atoms with Crippen LogP contribution in [0.15, 0.2) is 130 Å². The number of hydrogen-bond acceptors (Lipinski definition) is 27. The van der Waals surface area contributed by atoms with Crippen molar-refractivity contribution in [2.24, 2.45) is 20.0 Å². The standard InChI is InChI=1S/C27H34ClN7OS.C27H33ClN6OS.C25H29ClN6O2S.C24H24ClN7OS/c1-17-18(2)37-27-24(17)25(20-6-8-21(28)9-7-20)30-22(26-32-31-19(3)35(26)27)16-23(36)29-10-5-11-34-14-12-33(4)13-15-34;1-17-18(2)36-27-24(17)25(20-7-9-21(28)10-8-20)29-23(26-31-30-19(3)34(26)27)16-22(35)6-5-11-33-14-12-32(4)13-15-33;1-15-16(2)35-25-22(15)23(18-4-6-19(26)7-5-18)28-20(24-30-29-17(3)32(24)25)14-21(33)27-8-9-31-10-12-34-13-11-31;1-13-14(2)34-24-21(13)22(16-4-6-17(25)7-5-16)29-19(23-31-30-15(3)32(23)24)10-20(33)27-9-8-18-11-26-12-28-18/h6-9,22H,5,10-16H2,1-4H3,(H,29,36);7-10,23H,5-6,11-16H2,1-4H3;4-7,20H,8-14H2,1-3H3,(H,27,33);4-7,11-12,19H,8-10H2,1-3H3,(H,26,28)(H,27,33)/t;23-;;19-/m.0.0/s1. The monoisotopic (exact) mass is 2070 g/mol. The smallest absolute Gasteiger partial charge is 0.222 e. The first-order valence-corrected chi connectivity index (χ1v) is 53.1. The largest absolute Gasteiger partial charge is 0.379 e. The summed E-state index contributed by atoms with van der Waals surface area (Å²) in [5, 5.41) is 51.5. The lowest BCUT2D eigenvalue weighted by molar-refractivity contribution is -0.122. The van der Waals surface area contributed by atoms with Crippen LogP contribution in [0.25, 0.3) is 20.0 Å². The highest BCUT2D eigenvalue weighted by atomic mass is 35.5. The van der Waals surface area contributed by atoms with Crippen molar-refractivity contribution in [1.82, 2.24) is 109 Å². The lowest BCUT2D eigenvalue weighted by Crippen LogP contribution is -2.45. The van der Waals surface area contributed by atoms with Gasteiger partial charge in [0.15, 0.2) is 23.3 Å². The fourth-order valence-electron chi connectivity index (χ4n) is 18.7. The Morgan fingerprint density at radius 2 is 0.676 bits per heavy atom. The highest BCUT2D eigenvalue weighted by molar-refractivity contribution is 7.16. The van der Waals surface area contributed by atoms with Gasteiger partial charge in [0.1, 0.15) is 73.3 Å². The average Bonchev–Trinajstić information content (AvgIpc) is 1.60. The number of aryl methyl sites for hydroxylation is 8. The number of aromatic amines is 1. The van der Waals surface area contributed by atoms with Crippen molar-refractivity contribution in [1.29, 1.82) is 0 Å². The molecule has 142 heavy (non-hydrogen) atoms. The average molecular weight is 2070 g/mol. The molecule has 39 heteroatoms. The molecule has 4 aromatic carbocycles. The van der Waals surface area contributed by atoms with Gasteiger partial charge in [0.25, 0.3) is 0 Å². The third-order valence-corrected chi connectivity index (χ3v) is 33.0. The molecule has 0 bridgehead atoms. The van der Waals surface area contributed by atoms with E-state index in [1.54, 1.807) is 57.9 Å². The maximum absolute atomic E-state index is 13.2. The van der Waals surface area contributed by atoms with Crippen molar-refractivity contribution in [3.05, 3.63) is 268 Å². The van der Waals surface area contributed by atoms with E-state index in [1.165, 1.54) is 36.2 Å². The molecule has 2 unspecified atom stereocenters. The number of amides is 3. The lowest BCUT2D eigenvalue weighted by atomic mass is 9.99. The van der Waals surface area contributed by atoms with Gasteiger partial charge in [-0.2, -0.15) is 0 Å². The van der Waals surface area contributed by atoms with Crippen LogP contribution in [-0.2, 0) is 30.3 Å². The Labute approximate surface area is 863 Å².